The van der Waals surface area contributed by atoms with E-state index in [1.807, 2.05) is 4.57 Å². The number of hydrogen-bond acceptors (Lipinski definition) is 6. The molecule has 0 aliphatic carbocycles. The minimum absolute atomic E-state index is 0.406. The molecule has 0 saturated carbocycles. The van der Waals surface area contributed by atoms with E-state index >= 15 is 0 Å². The topological polar surface area (TPSA) is 88.1 Å². The number of ether oxygens (including phenoxy) is 2. The molecule has 0 spiro atoms. The monoisotopic (exact) mass is 353 g/mol. The largest absolute Gasteiger partial charge is 0.382 e. The lowest BCUT2D eigenvalue weighted by atomic mass is 9.98. The van der Waals surface area contributed by atoms with Gasteiger partial charge >= 0.3 is 0 Å². The first kappa shape index (κ1) is 16.9. The second kappa shape index (κ2) is 7.01. The maximum atomic E-state index is 6.03. The maximum Gasteiger partial charge on any atom is 0.195 e. The molecular weight excluding hydrogens is 330 g/mol. The Morgan fingerprint density at radius 2 is 1.88 bits per heavy atom. The van der Waals surface area contributed by atoms with Crippen molar-refractivity contribution in [3.63, 3.8) is 0 Å². The summed E-state index contributed by atoms with van der Waals surface area (Å²) in [4.78, 5) is 12.6. The number of rotatable bonds is 6. The van der Waals surface area contributed by atoms with E-state index in [4.69, 9.17) is 15.2 Å². The fourth-order valence-corrected chi connectivity index (χ4v) is 3.45. The molecule has 2 aromatic heterocycles. The number of benzene rings is 1. The van der Waals surface area contributed by atoms with Crippen LogP contribution in [0.25, 0.3) is 11.2 Å². The van der Waals surface area contributed by atoms with E-state index in [0.717, 1.165) is 37.0 Å². The van der Waals surface area contributed by atoms with Gasteiger partial charge in [-0.2, -0.15) is 0 Å². The van der Waals surface area contributed by atoms with Crippen molar-refractivity contribution in [2.75, 3.05) is 18.9 Å². The zero-order valence-corrected chi connectivity index (χ0v) is 14.9. The summed E-state index contributed by atoms with van der Waals surface area (Å²) in [5.41, 5.74) is 9.64. The Hall–Kier alpha value is -2.51. The van der Waals surface area contributed by atoms with Crippen molar-refractivity contribution in [3.8, 4) is 0 Å². The molecule has 7 heteroatoms. The third-order valence-corrected chi connectivity index (χ3v) is 4.89. The second-order valence-electron chi connectivity index (χ2n) is 6.47. The highest BCUT2D eigenvalue weighted by Gasteiger charge is 2.37. The summed E-state index contributed by atoms with van der Waals surface area (Å²) in [5.74, 6) is -0.250. The van der Waals surface area contributed by atoms with Crippen molar-refractivity contribution in [3.05, 3.63) is 48.0 Å². The predicted octanol–water partition coefficient (Wildman–Crippen LogP) is 2.65. The van der Waals surface area contributed by atoms with E-state index < -0.39 is 5.79 Å². The van der Waals surface area contributed by atoms with Gasteiger partial charge in [0.15, 0.2) is 17.3 Å². The molecule has 3 heterocycles. The molecular formula is C19H23N5O2. The summed E-state index contributed by atoms with van der Waals surface area (Å²) in [5, 5.41) is 0. The molecule has 3 aromatic rings. The van der Waals surface area contributed by atoms with Gasteiger partial charge in [-0.1, -0.05) is 31.2 Å². The van der Waals surface area contributed by atoms with Gasteiger partial charge in [0, 0.05) is 18.5 Å². The van der Waals surface area contributed by atoms with Gasteiger partial charge in [0.25, 0.3) is 0 Å². The van der Waals surface area contributed by atoms with Crippen LogP contribution in [0.1, 0.15) is 30.9 Å². The summed E-state index contributed by atoms with van der Waals surface area (Å²) in [6.07, 6.45) is 5.88. The Morgan fingerprint density at radius 1 is 1.12 bits per heavy atom. The van der Waals surface area contributed by atoms with Gasteiger partial charge in [0.2, 0.25) is 0 Å². The molecule has 26 heavy (non-hydrogen) atoms. The molecule has 0 atom stereocenters. The number of hydrogen-bond donors (Lipinski definition) is 1. The van der Waals surface area contributed by atoms with Crippen LogP contribution < -0.4 is 5.73 Å². The van der Waals surface area contributed by atoms with Gasteiger partial charge in [-0.15, -0.1) is 0 Å². The number of anilines is 1. The fourth-order valence-electron chi connectivity index (χ4n) is 3.45. The highest BCUT2D eigenvalue weighted by molar-refractivity contribution is 5.81. The first-order valence-corrected chi connectivity index (χ1v) is 9.00. The first-order chi connectivity index (χ1) is 12.7. The van der Waals surface area contributed by atoms with Gasteiger partial charge < -0.3 is 19.8 Å². The summed E-state index contributed by atoms with van der Waals surface area (Å²) in [6.45, 7) is 4.15. The van der Waals surface area contributed by atoms with Crippen LogP contribution >= 0.6 is 0 Å². The first-order valence-electron chi connectivity index (χ1n) is 9.00. The van der Waals surface area contributed by atoms with E-state index in [2.05, 4.69) is 46.1 Å². The van der Waals surface area contributed by atoms with Crippen LogP contribution in [0.5, 0.6) is 0 Å². The Bertz CT molecular complexity index is 885. The summed E-state index contributed by atoms with van der Waals surface area (Å²) in [7, 11) is 0. The van der Waals surface area contributed by atoms with Crippen molar-refractivity contribution >= 4 is 17.0 Å². The minimum atomic E-state index is -0.656. The number of nitrogen functional groups attached to an aromatic ring is 1. The summed E-state index contributed by atoms with van der Waals surface area (Å²) < 4.78 is 14.1. The molecule has 0 radical (unpaired) electrons. The van der Waals surface area contributed by atoms with E-state index in [1.165, 1.54) is 11.9 Å². The van der Waals surface area contributed by atoms with Crippen LogP contribution in [0.15, 0.2) is 36.9 Å². The predicted molar refractivity (Wildman–Crippen MR) is 98.4 cm³/mol. The molecule has 7 nitrogen and oxygen atoms in total. The van der Waals surface area contributed by atoms with E-state index in [-0.39, 0.29) is 0 Å². The maximum absolute atomic E-state index is 6.03. The average Bonchev–Trinajstić information content (AvgIpc) is 3.31. The van der Waals surface area contributed by atoms with Crippen LogP contribution in [-0.4, -0.2) is 32.7 Å². The second-order valence-corrected chi connectivity index (χ2v) is 6.47. The van der Waals surface area contributed by atoms with Crippen molar-refractivity contribution in [2.45, 2.75) is 38.5 Å². The molecule has 0 amide bonds. The number of nitrogens with two attached hydrogens (primary N) is 1. The summed E-state index contributed by atoms with van der Waals surface area (Å²) in [6, 6.07) is 8.52. The van der Waals surface area contributed by atoms with Crippen LogP contribution in [-0.2, 0) is 28.2 Å². The standard InChI is InChI=1S/C19H23N5O2/c1-2-14-4-6-15(7-5-14)19(25-10-11-26-19)8-3-9-24-13-23-16-17(20)21-12-22-18(16)24/h4-7,12-13H,2-3,8-11H2,1H3,(H2,20,21,22). The molecule has 0 bridgehead atoms. The van der Waals surface area contributed by atoms with E-state index in [9.17, 15) is 0 Å². The molecule has 4 rings (SSSR count). The number of aromatic nitrogens is 4. The minimum Gasteiger partial charge on any atom is -0.382 e. The normalized spacial score (nSPS) is 16.3. The Morgan fingerprint density at radius 3 is 2.62 bits per heavy atom. The number of nitrogens with zero attached hydrogens (tertiary/aromatic N) is 4. The third kappa shape index (κ3) is 3.04. The molecule has 1 aliphatic heterocycles. The van der Waals surface area contributed by atoms with Gasteiger partial charge in [-0.25, -0.2) is 15.0 Å². The molecule has 1 aromatic carbocycles. The highest BCUT2D eigenvalue weighted by Crippen LogP contribution is 2.36. The SMILES string of the molecule is CCc1ccc(C2(CCCn3cnc4c(N)ncnc43)OCCO2)cc1. The Labute approximate surface area is 152 Å². The lowest BCUT2D eigenvalue weighted by molar-refractivity contribution is -0.172. The number of imidazole rings is 1. The average molecular weight is 353 g/mol. The smallest absolute Gasteiger partial charge is 0.195 e. The number of aryl methyl sites for hydroxylation is 2. The van der Waals surface area contributed by atoms with Crippen LogP contribution in [0.4, 0.5) is 5.82 Å². The number of fused-ring (bicyclic) bond motifs is 1. The van der Waals surface area contributed by atoms with Crippen LogP contribution in [0, 0.1) is 0 Å². The Kier molecular flexibility index (Phi) is 4.57. The van der Waals surface area contributed by atoms with Crippen molar-refractivity contribution in [1.29, 1.82) is 0 Å². The fraction of sp³-hybridized carbons (Fsp3) is 0.421. The van der Waals surface area contributed by atoms with Gasteiger partial charge in [-0.05, 0) is 18.4 Å². The molecule has 136 valence electrons. The van der Waals surface area contributed by atoms with Gasteiger partial charge in [0.1, 0.15) is 11.8 Å². The lowest BCUT2D eigenvalue weighted by Gasteiger charge is -2.28. The zero-order valence-electron chi connectivity index (χ0n) is 14.9. The zero-order chi connectivity index (χ0) is 18.0. The van der Waals surface area contributed by atoms with E-state index in [0.29, 0.717) is 24.5 Å². The van der Waals surface area contributed by atoms with Crippen molar-refractivity contribution in [1.82, 2.24) is 19.5 Å². The van der Waals surface area contributed by atoms with Crippen molar-refractivity contribution in [2.24, 2.45) is 0 Å². The highest BCUT2D eigenvalue weighted by atomic mass is 16.7. The molecule has 0 unspecified atom stereocenters. The summed E-state index contributed by atoms with van der Waals surface area (Å²) >= 11 is 0. The quantitative estimate of drug-likeness (QED) is 0.733. The molecule has 1 fully saturated rings. The lowest BCUT2D eigenvalue weighted by Crippen LogP contribution is -2.27. The third-order valence-electron chi connectivity index (χ3n) is 4.89. The van der Waals surface area contributed by atoms with E-state index in [1.54, 1.807) is 6.33 Å². The van der Waals surface area contributed by atoms with Crippen LogP contribution in [0.2, 0.25) is 0 Å². The van der Waals surface area contributed by atoms with Crippen LogP contribution in [0.3, 0.4) is 0 Å². The molecule has 2 N–H and O–H groups in total. The molecule has 1 saturated heterocycles. The van der Waals surface area contributed by atoms with Crippen molar-refractivity contribution < 1.29 is 9.47 Å². The van der Waals surface area contributed by atoms with Gasteiger partial charge in [0.05, 0.1) is 19.5 Å². The molecule has 1 aliphatic rings. The van der Waals surface area contributed by atoms with Gasteiger partial charge in [-0.3, -0.25) is 0 Å². The Balaban J connectivity index is 1.49.